The molecule has 3 fully saturated rings. The zero-order valence-electron chi connectivity index (χ0n) is 22.3. The van der Waals surface area contributed by atoms with Gasteiger partial charge in [0.1, 0.15) is 5.69 Å². The van der Waals surface area contributed by atoms with Gasteiger partial charge in [-0.25, -0.2) is 9.67 Å². The molecule has 2 saturated carbocycles. The fraction of sp³-hybridized carbons (Fsp3) is 0.621. The molecule has 2 aliphatic carbocycles. The maximum absolute atomic E-state index is 10.1. The number of aliphatic hydroxyl groups is 1. The second kappa shape index (κ2) is 10.7. The van der Waals surface area contributed by atoms with Crippen molar-refractivity contribution in [2.24, 2.45) is 5.92 Å². The van der Waals surface area contributed by atoms with Crippen molar-refractivity contribution in [2.75, 3.05) is 38.5 Å². The van der Waals surface area contributed by atoms with Crippen LogP contribution in [0.4, 0.5) is 5.95 Å². The highest BCUT2D eigenvalue weighted by Gasteiger charge is 2.27. The van der Waals surface area contributed by atoms with Crippen molar-refractivity contribution in [3.63, 3.8) is 0 Å². The van der Waals surface area contributed by atoms with Crippen molar-refractivity contribution in [2.45, 2.75) is 76.6 Å². The molecule has 0 spiro atoms. The quantitative estimate of drug-likeness (QED) is 0.474. The van der Waals surface area contributed by atoms with Gasteiger partial charge in [0.15, 0.2) is 5.65 Å². The number of hydrogen-bond donors (Lipinski definition) is 2. The Morgan fingerprint density at radius 3 is 2.43 bits per heavy atom. The minimum atomic E-state index is -0.194. The Bertz CT molecular complexity index is 1190. The highest BCUT2D eigenvalue weighted by atomic mass is 16.3. The average Bonchev–Trinajstić information content (AvgIpc) is 3.64. The Morgan fingerprint density at radius 2 is 1.73 bits per heavy atom. The van der Waals surface area contributed by atoms with E-state index in [-0.39, 0.29) is 12.1 Å². The van der Waals surface area contributed by atoms with Gasteiger partial charge in [0.05, 0.1) is 17.5 Å². The van der Waals surface area contributed by atoms with Crippen LogP contribution in [-0.4, -0.2) is 80.0 Å². The molecule has 8 nitrogen and oxygen atoms in total. The van der Waals surface area contributed by atoms with Gasteiger partial charge in [-0.3, -0.25) is 4.90 Å². The molecule has 8 heteroatoms. The molecule has 0 amide bonds. The molecule has 1 saturated heterocycles. The molecule has 2 aromatic heterocycles. The van der Waals surface area contributed by atoms with Gasteiger partial charge in [-0.2, -0.15) is 10.1 Å². The van der Waals surface area contributed by atoms with Gasteiger partial charge in [-0.15, -0.1) is 0 Å². The Labute approximate surface area is 220 Å². The lowest BCUT2D eigenvalue weighted by atomic mass is 9.93. The number of benzene rings is 1. The molecule has 0 bridgehead atoms. The van der Waals surface area contributed by atoms with Crippen LogP contribution in [0.3, 0.4) is 0 Å². The number of aromatic nitrogens is 4. The van der Waals surface area contributed by atoms with Gasteiger partial charge >= 0.3 is 0 Å². The number of aliphatic hydroxyl groups excluding tert-OH is 1. The predicted octanol–water partition coefficient (Wildman–Crippen LogP) is 4.32. The van der Waals surface area contributed by atoms with E-state index in [4.69, 9.17) is 15.1 Å². The molecule has 2 N–H and O–H groups in total. The van der Waals surface area contributed by atoms with Crippen LogP contribution in [0.2, 0.25) is 0 Å². The number of hydrogen-bond acceptors (Lipinski definition) is 7. The minimum absolute atomic E-state index is 0.194. The standard InChI is InChI=1S/C29H41N7O/c1-20(17-21-3-4-21)31-29-30-18-26-27(33-36(28(26)32-29)24-9-11-25(37)12-10-24)23-7-5-22(6-8-23)19-35-15-13-34(2)14-16-35/h5-8,18,20-21,24-25,37H,3-4,9-17,19H2,1-2H3,(H,30,31,32)/t20-,24?,25?/m1/s1. The molecule has 1 aromatic carbocycles. The minimum Gasteiger partial charge on any atom is -0.393 e. The second-order valence-corrected chi connectivity index (χ2v) is 11.7. The number of nitrogens with one attached hydrogen (secondary N) is 1. The van der Waals surface area contributed by atoms with Crippen LogP contribution in [0.1, 0.15) is 63.5 Å². The third-order valence-corrected chi connectivity index (χ3v) is 8.45. The maximum Gasteiger partial charge on any atom is 0.224 e. The van der Waals surface area contributed by atoms with Gasteiger partial charge < -0.3 is 15.3 Å². The Balaban J connectivity index is 1.27. The van der Waals surface area contributed by atoms with Gasteiger partial charge in [-0.05, 0) is 57.6 Å². The van der Waals surface area contributed by atoms with E-state index in [2.05, 4.69) is 58.0 Å². The molecule has 1 atom stereocenters. The van der Waals surface area contributed by atoms with Crippen LogP contribution in [0.5, 0.6) is 0 Å². The number of fused-ring (bicyclic) bond motifs is 1. The van der Waals surface area contributed by atoms with E-state index in [1.54, 1.807) is 0 Å². The molecule has 3 aromatic rings. The van der Waals surface area contributed by atoms with Crippen molar-refractivity contribution >= 4 is 17.0 Å². The Hall–Kier alpha value is -2.55. The largest absolute Gasteiger partial charge is 0.393 e. The maximum atomic E-state index is 10.1. The van der Waals surface area contributed by atoms with Crippen LogP contribution in [0.15, 0.2) is 30.5 Å². The van der Waals surface area contributed by atoms with E-state index in [0.717, 1.165) is 86.6 Å². The summed E-state index contributed by atoms with van der Waals surface area (Å²) in [6, 6.07) is 9.50. The van der Waals surface area contributed by atoms with Crippen LogP contribution >= 0.6 is 0 Å². The Morgan fingerprint density at radius 1 is 1.00 bits per heavy atom. The summed E-state index contributed by atoms with van der Waals surface area (Å²) in [6.45, 7) is 7.73. The topological polar surface area (TPSA) is 82.3 Å². The second-order valence-electron chi connectivity index (χ2n) is 11.7. The van der Waals surface area contributed by atoms with E-state index < -0.39 is 0 Å². The SMILES string of the molecule is C[C@H](CC1CC1)Nc1ncc2c(-c3ccc(CN4CCN(C)CC4)cc3)nn(C3CCC(O)CC3)c2n1. The molecule has 3 aliphatic rings. The lowest BCUT2D eigenvalue weighted by Crippen LogP contribution is -2.43. The number of likely N-dealkylation sites (N-methyl/N-ethyl adjacent to an activating group) is 1. The van der Waals surface area contributed by atoms with Crippen LogP contribution in [0.25, 0.3) is 22.3 Å². The fourth-order valence-corrected chi connectivity index (χ4v) is 5.93. The van der Waals surface area contributed by atoms with E-state index in [1.807, 2.05) is 6.20 Å². The molecule has 37 heavy (non-hydrogen) atoms. The fourth-order valence-electron chi connectivity index (χ4n) is 5.93. The van der Waals surface area contributed by atoms with E-state index in [9.17, 15) is 5.11 Å². The van der Waals surface area contributed by atoms with Gasteiger partial charge in [0.25, 0.3) is 0 Å². The number of rotatable bonds is 8. The lowest BCUT2D eigenvalue weighted by Gasteiger charge is -2.32. The van der Waals surface area contributed by atoms with E-state index in [0.29, 0.717) is 12.0 Å². The zero-order valence-corrected chi connectivity index (χ0v) is 22.3. The molecule has 0 radical (unpaired) electrons. The first-order valence-electron chi connectivity index (χ1n) is 14.2. The van der Waals surface area contributed by atoms with Gasteiger partial charge in [0, 0.05) is 50.5 Å². The van der Waals surface area contributed by atoms with Crippen molar-refractivity contribution in [3.8, 4) is 11.3 Å². The molecule has 0 unspecified atom stereocenters. The Kier molecular flexibility index (Phi) is 7.14. The summed E-state index contributed by atoms with van der Waals surface area (Å²) >= 11 is 0. The average molecular weight is 504 g/mol. The summed E-state index contributed by atoms with van der Waals surface area (Å²) in [6.07, 6.45) is 9.11. The number of piperazine rings is 1. The number of nitrogens with zero attached hydrogens (tertiary/aromatic N) is 6. The third-order valence-electron chi connectivity index (χ3n) is 8.45. The smallest absolute Gasteiger partial charge is 0.224 e. The van der Waals surface area contributed by atoms with Gasteiger partial charge in [-0.1, -0.05) is 37.1 Å². The summed E-state index contributed by atoms with van der Waals surface area (Å²) in [5, 5.41) is 19.7. The lowest BCUT2D eigenvalue weighted by molar-refractivity contribution is 0.109. The highest BCUT2D eigenvalue weighted by molar-refractivity contribution is 5.91. The molecule has 1 aliphatic heterocycles. The molecular weight excluding hydrogens is 462 g/mol. The van der Waals surface area contributed by atoms with E-state index >= 15 is 0 Å². The van der Waals surface area contributed by atoms with Crippen LogP contribution in [0, 0.1) is 5.92 Å². The normalized spacial score (nSPS) is 24.4. The van der Waals surface area contributed by atoms with Crippen molar-refractivity contribution in [1.29, 1.82) is 0 Å². The first-order valence-corrected chi connectivity index (χ1v) is 14.2. The van der Waals surface area contributed by atoms with Crippen molar-refractivity contribution in [1.82, 2.24) is 29.5 Å². The van der Waals surface area contributed by atoms with Crippen molar-refractivity contribution in [3.05, 3.63) is 36.0 Å². The summed E-state index contributed by atoms with van der Waals surface area (Å²) in [5.41, 5.74) is 4.29. The van der Waals surface area contributed by atoms with Crippen molar-refractivity contribution < 1.29 is 5.11 Å². The van der Waals surface area contributed by atoms with Crippen LogP contribution in [-0.2, 0) is 6.54 Å². The molecular formula is C29H41N7O. The molecule has 6 rings (SSSR count). The summed E-state index contributed by atoms with van der Waals surface area (Å²) in [7, 11) is 2.20. The first kappa shape index (κ1) is 24.8. The summed E-state index contributed by atoms with van der Waals surface area (Å²) in [4.78, 5) is 14.6. The predicted molar refractivity (Wildman–Crippen MR) is 147 cm³/mol. The molecule has 198 valence electrons. The first-order chi connectivity index (χ1) is 18.0. The summed E-state index contributed by atoms with van der Waals surface area (Å²) in [5.74, 6) is 1.54. The monoisotopic (exact) mass is 503 g/mol. The molecule has 3 heterocycles. The number of anilines is 1. The van der Waals surface area contributed by atoms with Crippen LogP contribution < -0.4 is 5.32 Å². The third kappa shape index (κ3) is 5.81. The van der Waals surface area contributed by atoms with Gasteiger partial charge in [0.2, 0.25) is 5.95 Å². The zero-order chi connectivity index (χ0) is 25.4. The summed E-state index contributed by atoms with van der Waals surface area (Å²) < 4.78 is 2.12. The highest BCUT2D eigenvalue weighted by Crippen LogP contribution is 2.36. The van der Waals surface area contributed by atoms with E-state index in [1.165, 1.54) is 24.8 Å².